The van der Waals surface area contributed by atoms with Crippen LogP contribution in [-0.4, -0.2) is 23.2 Å². The summed E-state index contributed by atoms with van der Waals surface area (Å²) in [6.45, 7) is 2.11. The lowest BCUT2D eigenvalue weighted by molar-refractivity contribution is -0.119. The molecule has 0 saturated heterocycles. The fourth-order valence-electron chi connectivity index (χ4n) is 3.01. The summed E-state index contributed by atoms with van der Waals surface area (Å²) in [4.78, 5) is 12.0. The third-order valence-corrected chi connectivity index (χ3v) is 4.08. The molecule has 1 aliphatic carbocycles. The van der Waals surface area contributed by atoms with E-state index < -0.39 is 5.54 Å². The molecule has 2 rings (SSSR count). The second-order valence-electron chi connectivity index (χ2n) is 6.01. The van der Waals surface area contributed by atoms with Gasteiger partial charge in [-0.3, -0.25) is 4.79 Å². The monoisotopic (exact) mass is 291 g/mol. The highest BCUT2D eigenvalue weighted by Gasteiger charge is 2.35. The number of nitrogens with one attached hydrogen (secondary N) is 1. The normalized spacial score (nSPS) is 26.0. The molecule has 1 aromatic rings. The van der Waals surface area contributed by atoms with Crippen molar-refractivity contribution in [2.45, 2.75) is 38.1 Å². The van der Waals surface area contributed by atoms with Crippen molar-refractivity contribution in [2.75, 3.05) is 6.61 Å². The largest absolute Gasteiger partial charge is 0.394 e. The highest BCUT2D eigenvalue weighted by atomic mass is 19.1. The molecule has 21 heavy (non-hydrogen) atoms. The van der Waals surface area contributed by atoms with Gasteiger partial charge in [-0.15, -0.1) is 0 Å². The molecule has 1 amide bonds. The maximum Gasteiger partial charge on any atom is 0.244 e. The lowest BCUT2D eigenvalue weighted by atomic mass is 9.77. The molecule has 0 aromatic heterocycles. The molecule has 1 saturated carbocycles. The highest BCUT2D eigenvalue weighted by molar-refractivity contribution is 5.92. The van der Waals surface area contributed by atoms with E-state index in [0.29, 0.717) is 5.92 Å². The zero-order valence-corrected chi connectivity index (χ0v) is 12.3. The average molecular weight is 291 g/mol. The van der Waals surface area contributed by atoms with E-state index in [9.17, 15) is 14.3 Å². The lowest BCUT2D eigenvalue weighted by Gasteiger charge is -2.39. The molecule has 0 heterocycles. The Bertz CT molecular complexity index is 512. The predicted molar refractivity (Wildman–Crippen MR) is 81.0 cm³/mol. The van der Waals surface area contributed by atoms with Gasteiger partial charge in [-0.25, -0.2) is 4.39 Å². The molecule has 1 aliphatic rings. The predicted octanol–water partition coefficient (Wildman–Crippen LogP) is 2.90. The van der Waals surface area contributed by atoms with Gasteiger partial charge in [0, 0.05) is 6.08 Å². The SMILES string of the molecule is CC1CCCC(CO)(NC(=O)C=Cc2ccc(F)cc2)C1. The van der Waals surface area contributed by atoms with E-state index in [-0.39, 0.29) is 18.3 Å². The van der Waals surface area contributed by atoms with Gasteiger partial charge in [-0.05, 0) is 42.5 Å². The van der Waals surface area contributed by atoms with Crippen LogP contribution < -0.4 is 5.32 Å². The number of amides is 1. The summed E-state index contributed by atoms with van der Waals surface area (Å²) in [7, 11) is 0. The summed E-state index contributed by atoms with van der Waals surface area (Å²) < 4.78 is 12.8. The molecule has 2 atom stereocenters. The third-order valence-electron chi connectivity index (χ3n) is 4.08. The van der Waals surface area contributed by atoms with E-state index in [1.165, 1.54) is 18.2 Å². The van der Waals surface area contributed by atoms with Gasteiger partial charge in [-0.2, -0.15) is 0 Å². The van der Waals surface area contributed by atoms with Crippen molar-refractivity contribution >= 4 is 12.0 Å². The molecule has 2 N–H and O–H groups in total. The second-order valence-corrected chi connectivity index (χ2v) is 6.01. The standard InChI is InChI=1S/C17H22FNO2/c1-13-3-2-10-17(11-13,12-20)19-16(21)9-6-14-4-7-15(18)8-5-14/h4-9,13,20H,2-3,10-12H2,1H3,(H,19,21). The number of benzene rings is 1. The molecule has 0 radical (unpaired) electrons. The van der Waals surface area contributed by atoms with Crippen molar-refractivity contribution in [3.63, 3.8) is 0 Å². The fraction of sp³-hybridized carbons (Fsp3) is 0.471. The Balaban J connectivity index is 1.98. The van der Waals surface area contributed by atoms with Crippen LogP contribution in [0.25, 0.3) is 6.08 Å². The summed E-state index contributed by atoms with van der Waals surface area (Å²) >= 11 is 0. The van der Waals surface area contributed by atoms with E-state index in [1.54, 1.807) is 18.2 Å². The number of hydrogen-bond donors (Lipinski definition) is 2. The Labute approximate surface area is 124 Å². The molecule has 3 nitrogen and oxygen atoms in total. The van der Waals surface area contributed by atoms with Gasteiger partial charge in [0.25, 0.3) is 0 Å². The molecule has 0 bridgehead atoms. The van der Waals surface area contributed by atoms with Crippen molar-refractivity contribution in [3.05, 3.63) is 41.7 Å². The van der Waals surface area contributed by atoms with Crippen molar-refractivity contribution < 1.29 is 14.3 Å². The number of carbonyl (C=O) groups is 1. The Kier molecular flexibility index (Phi) is 5.12. The van der Waals surface area contributed by atoms with Crippen LogP contribution in [0.4, 0.5) is 4.39 Å². The van der Waals surface area contributed by atoms with Gasteiger partial charge in [0.05, 0.1) is 12.1 Å². The number of aliphatic hydroxyl groups is 1. The molecule has 114 valence electrons. The van der Waals surface area contributed by atoms with Gasteiger partial charge < -0.3 is 10.4 Å². The maximum absolute atomic E-state index is 12.8. The quantitative estimate of drug-likeness (QED) is 0.838. The van der Waals surface area contributed by atoms with Gasteiger partial charge >= 0.3 is 0 Å². The smallest absolute Gasteiger partial charge is 0.244 e. The van der Waals surface area contributed by atoms with Crippen molar-refractivity contribution in [2.24, 2.45) is 5.92 Å². The van der Waals surface area contributed by atoms with Crippen LogP contribution in [-0.2, 0) is 4.79 Å². The van der Waals surface area contributed by atoms with E-state index in [4.69, 9.17) is 0 Å². The van der Waals surface area contributed by atoms with Gasteiger partial charge in [0.15, 0.2) is 0 Å². The van der Waals surface area contributed by atoms with Crippen molar-refractivity contribution in [1.29, 1.82) is 0 Å². The Morgan fingerprint density at radius 1 is 1.48 bits per heavy atom. The van der Waals surface area contributed by atoms with Gasteiger partial charge in [0.1, 0.15) is 5.82 Å². The third kappa shape index (κ3) is 4.39. The molecule has 0 aliphatic heterocycles. The van der Waals surface area contributed by atoms with E-state index in [1.807, 2.05) is 0 Å². The first-order valence-electron chi connectivity index (χ1n) is 7.40. The number of hydrogen-bond acceptors (Lipinski definition) is 2. The van der Waals surface area contributed by atoms with Crippen LogP contribution in [0.2, 0.25) is 0 Å². The zero-order chi connectivity index (χ0) is 15.3. The van der Waals surface area contributed by atoms with Gasteiger partial charge in [-0.1, -0.05) is 31.9 Å². The minimum Gasteiger partial charge on any atom is -0.394 e. The first kappa shape index (κ1) is 15.7. The number of aliphatic hydroxyl groups excluding tert-OH is 1. The maximum atomic E-state index is 12.8. The van der Waals surface area contributed by atoms with Crippen molar-refractivity contribution in [1.82, 2.24) is 5.32 Å². The van der Waals surface area contributed by atoms with Crippen LogP contribution in [0.3, 0.4) is 0 Å². The van der Waals surface area contributed by atoms with Crippen LogP contribution in [0.5, 0.6) is 0 Å². The summed E-state index contributed by atoms with van der Waals surface area (Å²) in [5.41, 5.74) is 0.267. The number of carbonyl (C=O) groups excluding carboxylic acids is 1. The molecule has 4 heteroatoms. The summed E-state index contributed by atoms with van der Waals surface area (Å²) in [5, 5.41) is 12.6. The molecular weight excluding hydrogens is 269 g/mol. The van der Waals surface area contributed by atoms with Gasteiger partial charge in [0.2, 0.25) is 5.91 Å². The average Bonchev–Trinajstić information content (AvgIpc) is 2.46. The minimum absolute atomic E-state index is 0.0343. The van der Waals surface area contributed by atoms with Crippen LogP contribution in [0.15, 0.2) is 30.3 Å². The van der Waals surface area contributed by atoms with Crippen LogP contribution >= 0.6 is 0 Å². The number of halogens is 1. The number of rotatable bonds is 4. The fourth-order valence-corrected chi connectivity index (χ4v) is 3.01. The Hall–Kier alpha value is -1.68. The van der Waals surface area contributed by atoms with Crippen LogP contribution in [0.1, 0.15) is 38.2 Å². The first-order valence-corrected chi connectivity index (χ1v) is 7.40. The summed E-state index contributed by atoms with van der Waals surface area (Å²) in [6.07, 6.45) is 6.85. The van der Waals surface area contributed by atoms with E-state index in [2.05, 4.69) is 12.2 Å². The lowest BCUT2D eigenvalue weighted by Crippen LogP contribution is -2.53. The Morgan fingerprint density at radius 2 is 2.19 bits per heavy atom. The molecule has 0 spiro atoms. The summed E-state index contributed by atoms with van der Waals surface area (Å²) in [6, 6.07) is 5.94. The van der Waals surface area contributed by atoms with Crippen LogP contribution in [0, 0.1) is 11.7 Å². The molecule has 1 aromatic carbocycles. The minimum atomic E-state index is -0.498. The van der Waals surface area contributed by atoms with E-state index >= 15 is 0 Å². The molecule has 2 unspecified atom stereocenters. The topological polar surface area (TPSA) is 49.3 Å². The molecular formula is C17H22FNO2. The zero-order valence-electron chi connectivity index (χ0n) is 12.3. The summed E-state index contributed by atoms with van der Waals surface area (Å²) in [5.74, 6) is -0.0122. The van der Waals surface area contributed by atoms with E-state index in [0.717, 1.165) is 31.2 Å². The second kappa shape index (κ2) is 6.85. The Morgan fingerprint density at radius 3 is 2.81 bits per heavy atom. The first-order chi connectivity index (χ1) is 10.0. The highest BCUT2D eigenvalue weighted by Crippen LogP contribution is 2.31. The molecule has 1 fully saturated rings. The van der Waals surface area contributed by atoms with Crippen molar-refractivity contribution in [3.8, 4) is 0 Å².